The van der Waals surface area contributed by atoms with Crippen LogP contribution in [0.25, 0.3) is 5.57 Å². The van der Waals surface area contributed by atoms with Gasteiger partial charge in [-0.2, -0.15) is 4.31 Å². The first-order valence-corrected chi connectivity index (χ1v) is 10.8. The molecule has 0 aromatic heterocycles. The minimum Gasteiger partial charge on any atom is -0.207 e. The first kappa shape index (κ1) is 18.2. The third kappa shape index (κ3) is 2.97. The fourth-order valence-electron chi connectivity index (χ4n) is 4.43. The smallest absolute Gasteiger partial charge is 0.207 e. The van der Waals surface area contributed by atoms with E-state index in [0.29, 0.717) is 11.4 Å². The maximum Gasteiger partial charge on any atom is 0.244 e. The fourth-order valence-corrected chi connectivity index (χ4v) is 6.40. The van der Waals surface area contributed by atoms with Crippen LogP contribution in [0.15, 0.2) is 64.6 Å². The molecule has 2 aliphatic rings. The molecule has 140 valence electrons. The number of fused-ring (bicyclic) bond motifs is 1. The lowest BCUT2D eigenvalue weighted by Crippen LogP contribution is -2.44. The summed E-state index contributed by atoms with van der Waals surface area (Å²) in [6, 6.07) is 14.0. The summed E-state index contributed by atoms with van der Waals surface area (Å²) in [4.78, 5) is 0.456. The van der Waals surface area contributed by atoms with Gasteiger partial charge in [-0.1, -0.05) is 54.1 Å². The van der Waals surface area contributed by atoms with Crippen LogP contribution in [0.2, 0.25) is 0 Å². The van der Waals surface area contributed by atoms with E-state index >= 15 is 0 Å². The Morgan fingerprint density at radius 2 is 1.59 bits per heavy atom. The van der Waals surface area contributed by atoms with Crippen LogP contribution in [-0.2, 0) is 10.0 Å². The Kier molecular flexibility index (Phi) is 4.36. The second kappa shape index (κ2) is 6.47. The monoisotopic (exact) mass is 379 g/mol. The summed E-state index contributed by atoms with van der Waals surface area (Å²) in [7, 11) is -3.56. The number of benzene rings is 2. The molecule has 0 radical (unpaired) electrons. The molecule has 2 aromatic carbocycles. The van der Waals surface area contributed by atoms with Crippen molar-refractivity contribution in [3.05, 3.63) is 81.9 Å². The van der Waals surface area contributed by atoms with E-state index < -0.39 is 10.0 Å². The Labute approximate surface area is 162 Å². The van der Waals surface area contributed by atoms with Gasteiger partial charge in [0, 0.05) is 12.6 Å². The number of hydrogen-bond acceptors (Lipinski definition) is 2. The summed E-state index contributed by atoms with van der Waals surface area (Å²) in [6.45, 7) is 8.20. The van der Waals surface area contributed by atoms with E-state index in [9.17, 15) is 8.42 Å². The topological polar surface area (TPSA) is 37.4 Å². The Hall–Kier alpha value is -2.17. The molecule has 27 heavy (non-hydrogen) atoms. The number of rotatable bonds is 3. The molecule has 1 aliphatic heterocycles. The van der Waals surface area contributed by atoms with Crippen molar-refractivity contribution in [3.63, 3.8) is 0 Å². The van der Waals surface area contributed by atoms with Crippen LogP contribution in [-0.4, -0.2) is 25.3 Å². The Bertz CT molecular complexity index is 1060. The SMILES string of the molecule is Cc1cc(C)c(S(=O)(=O)N2CC3=C(c4ccccc4)CC3=C[C@@H]2C)c(C)c1. The molecule has 1 aliphatic carbocycles. The number of nitrogens with zero attached hydrogens (tertiary/aromatic N) is 1. The Balaban J connectivity index is 1.77. The summed E-state index contributed by atoms with van der Waals surface area (Å²) in [5, 5.41) is 0. The van der Waals surface area contributed by atoms with Gasteiger partial charge in [-0.05, 0) is 67.5 Å². The molecule has 1 atom stereocenters. The standard InChI is InChI=1S/C23H25NO2S/c1-15-10-16(2)23(17(3)11-15)27(25,26)24-14-22-20(12-18(24)4)13-21(22)19-8-6-5-7-9-19/h5-12,18H,13-14H2,1-4H3/t18-/m0/s1. The maximum atomic E-state index is 13.5. The van der Waals surface area contributed by atoms with Crippen molar-refractivity contribution in [1.82, 2.24) is 4.31 Å². The van der Waals surface area contributed by atoms with Gasteiger partial charge in [0.25, 0.3) is 0 Å². The van der Waals surface area contributed by atoms with Gasteiger partial charge in [-0.25, -0.2) is 8.42 Å². The largest absolute Gasteiger partial charge is 0.244 e. The molecule has 0 N–H and O–H groups in total. The van der Waals surface area contributed by atoms with Crippen LogP contribution >= 0.6 is 0 Å². The minimum absolute atomic E-state index is 0.133. The third-order valence-corrected chi connectivity index (χ3v) is 7.86. The van der Waals surface area contributed by atoms with Crippen molar-refractivity contribution < 1.29 is 8.42 Å². The summed E-state index contributed by atoms with van der Waals surface area (Å²) < 4.78 is 28.7. The van der Waals surface area contributed by atoms with Crippen LogP contribution in [0, 0.1) is 20.8 Å². The van der Waals surface area contributed by atoms with Crippen LogP contribution in [0.3, 0.4) is 0 Å². The highest BCUT2D eigenvalue weighted by Gasteiger charge is 2.38. The molecule has 0 spiro atoms. The van der Waals surface area contributed by atoms with Crippen molar-refractivity contribution in [2.75, 3.05) is 6.54 Å². The second-order valence-electron chi connectivity index (χ2n) is 7.71. The van der Waals surface area contributed by atoms with Gasteiger partial charge in [0.15, 0.2) is 0 Å². The third-order valence-electron chi connectivity index (χ3n) is 5.62. The number of allylic oxidation sites excluding steroid dienone is 1. The first-order valence-electron chi connectivity index (χ1n) is 9.37. The van der Waals surface area contributed by atoms with E-state index in [1.54, 1.807) is 4.31 Å². The van der Waals surface area contributed by atoms with Gasteiger partial charge < -0.3 is 0 Å². The normalized spacial score (nSPS) is 20.1. The highest BCUT2D eigenvalue weighted by Crippen LogP contribution is 2.45. The van der Waals surface area contributed by atoms with Gasteiger partial charge in [-0.15, -0.1) is 0 Å². The van der Waals surface area contributed by atoms with Crippen LogP contribution in [0.1, 0.15) is 35.6 Å². The predicted molar refractivity (Wildman–Crippen MR) is 110 cm³/mol. The van der Waals surface area contributed by atoms with Gasteiger partial charge >= 0.3 is 0 Å². The maximum absolute atomic E-state index is 13.5. The molecule has 0 amide bonds. The van der Waals surface area contributed by atoms with Gasteiger partial charge in [0.05, 0.1) is 4.90 Å². The molecule has 0 saturated carbocycles. The average Bonchev–Trinajstić information content (AvgIpc) is 2.57. The molecular weight excluding hydrogens is 354 g/mol. The summed E-state index contributed by atoms with van der Waals surface area (Å²) in [5.74, 6) is 0. The molecule has 4 rings (SSSR count). The number of hydrogen-bond donors (Lipinski definition) is 0. The second-order valence-corrected chi connectivity index (χ2v) is 9.54. The molecule has 0 bridgehead atoms. The van der Waals surface area contributed by atoms with Crippen LogP contribution in [0.5, 0.6) is 0 Å². The van der Waals surface area contributed by atoms with E-state index in [1.807, 2.05) is 58.0 Å². The molecule has 1 heterocycles. The minimum atomic E-state index is -3.56. The highest BCUT2D eigenvalue weighted by atomic mass is 32.2. The molecule has 4 heteroatoms. The lowest BCUT2D eigenvalue weighted by atomic mass is 9.77. The lowest BCUT2D eigenvalue weighted by Gasteiger charge is -2.39. The van der Waals surface area contributed by atoms with Crippen molar-refractivity contribution in [1.29, 1.82) is 0 Å². The quantitative estimate of drug-likeness (QED) is 0.769. The van der Waals surface area contributed by atoms with Crippen molar-refractivity contribution in [3.8, 4) is 0 Å². The molecule has 0 unspecified atom stereocenters. The highest BCUT2D eigenvalue weighted by molar-refractivity contribution is 7.89. The van der Waals surface area contributed by atoms with Gasteiger partial charge in [-0.3, -0.25) is 0 Å². The molecular formula is C23H25NO2S. The van der Waals surface area contributed by atoms with Gasteiger partial charge in [0.2, 0.25) is 10.0 Å². The van der Waals surface area contributed by atoms with E-state index in [0.717, 1.165) is 23.1 Å². The van der Waals surface area contributed by atoms with Crippen molar-refractivity contribution in [2.45, 2.75) is 45.1 Å². The zero-order valence-corrected chi connectivity index (χ0v) is 17.1. The lowest BCUT2D eigenvalue weighted by molar-refractivity contribution is 0.387. The van der Waals surface area contributed by atoms with E-state index in [2.05, 4.69) is 18.2 Å². The average molecular weight is 380 g/mol. The molecule has 3 nitrogen and oxygen atoms in total. The Morgan fingerprint density at radius 3 is 2.22 bits per heavy atom. The van der Waals surface area contributed by atoms with Crippen molar-refractivity contribution in [2.24, 2.45) is 0 Å². The molecule has 2 aromatic rings. The number of aryl methyl sites for hydroxylation is 3. The molecule has 0 fully saturated rings. The summed E-state index contributed by atoms with van der Waals surface area (Å²) in [5.41, 5.74) is 7.66. The van der Waals surface area contributed by atoms with E-state index in [-0.39, 0.29) is 6.04 Å². The van der Waals surface area contributed by atoms with Crippen LogP contribution < -0.4 is 0 Å². The zero-order valence-electron chi connectivity index (χ0n) is 16.3. The first-order chi connectivity index (χ1) is 12.8. The Morgan fingerprint density at radius 1 is 0.963 bits per heavy atom. The van der Waals surface area contributed by atoms with E-state index in [1.165, 1.54) is 22.3 Å². The zero-order chi connectivity index (χ0) is 19.3. The van der Waals surface area contributed by atoms with Crippen molar-refractivity contribution >= 4 is 15.6 Å². The van der Waals surface area contributed by atoms with Crippen LogP contribution in [0.4, 0.5) is 0 Å². The van der Waals surface area contributed by atoms with Gasteiger partial charge in [0.1, 0.15) is 0 Å². The predicted octanol–water partition coefficient (Wildman–Crippen LogP) is 4.79. The summed E-state index contributed by atoms with van der Waals surface area (Å²) in [6.07, 6.45) is 3.04. The van der Waals surface area contributed by atoms with E-state index in [4.69, 9.17) is 0 Å². The molecule has 0 saturated heterocycles. The summed E-state index contributed by atoms with van der Waals surface area (Å²) >= 11 is 0. The fraction of sp³-hybridized carbons (Fsp3) is 0.304. The number of sulfonamides is 1.